The minimum absolute atomic E-state index is 0.194. The summed E-state index contributed by atoms with van der Waals surface area (Å²) in [6, 6.07) is 0. The first-order valence-electron chi connectivity index (χ1n) is 2.85. The molecule has 0 atom stereocenters. The molecule has 5 heteroatoms. The molecule has 0 heterocycles. The van der Waals surface area contributed by atoms with Crippen molar-refractivity contribution in [1.29, 1.82) is 0 Å². The third-order valence-corrected chi connectivity index (χ3v) is 0.794. The fraction of sp³-hybridized carbons (Fsp3) is 1.00. The second-order valence-electron chi connectivity index (χ2n) is 1.70. The molecule has 0 aliphatic carbocycles. The molecule has 0 aliphatic rings. The van der Waals surface area contributed by atoms with E-state index in [-0.39, 0.29) is 6.61 Å². The Morgan fingerprint density at radius 2 is 1.89 bits per heavy atom. The second-order valence-corrected chi connectivity index (χ2v) is 1.70. The molecule has 0 aromatic rings. The van der Waals surface area contributed by atoms with Gasteiger partial charge in [-0.05, 0) is 6.92 Å². The van der Waals surface area contributed by atoms with Crippen LogP contribution in [-0.2, 0) is 4.74 Å². The Kier molecular flexibility index (Phi) is 3.69. The predicted octanol–water partition coefficient (Wildman–Crippen LogP) is 1.87. The average Bonchev–Trinajstić information content (AvgIpc) is 1.63. The van der Waals surface area contributed by atoms with Crippen LogP contribution < -0.4 is 0 Å². The highest BCUT2D eigenvalue weighted by Crippen LogP contribution is 2.13. The maximum absolute atomic E-state index is 11.4. The molecule has 0 N–H and O–H groups in total. The number of rotatable bonds is 4. The fourth-order valence-electron chi connectivity index (χ4n) is 0.361. The molecule has 0 rings (SSSR count). The first-order valence-corrected chi connectivity index (χ1v) is 2.85. The molecule has 0 unspecified atom stereocenters. The van der Waals surface area contributed by atoms with E-state index in [0.29, 0.717) is 6.61 Å². The zero-order chi connectivity index (χ0) is 7.33. The van der Waals surface area contributed by atoms with Crippen LogP contribution in [0.25, 0.3) is 0 Å². The smallest absolute Gasteiger partial charge is 0.449 e. The van der Waals surface area contributed by atoms with Gasteiger partial charge in [-0.3, -0.25) is 0 Å². The molecule has 0 saturated heterocycles. The standard InChI is InChI=1S/C4H9BF3O/c1-2-9-4-3-5(6,7)8/h2-4H2,1H3/q-1. The Bertz CT molecular complexity index is 72.7. The highest BCUT2D eigenvalue weighted by Gasteiger charge is 2.21. The van der Waals surface area contributed by atoms with Gasteiger partial charge in [0.05, 0.1) is 0 Å². The molecule has 0 fully saturated rings. The molecular formula is C4H9BF3O-. The van der Waals surface area contributed by atoms with Gasteiger partial charge in [0.1, 0.15) is 0 Å². The van der Waals surface area contributed by atoms with Crippen molar-refractivity contribution >= 4 is 6.98 Å². The SMILES string of the molecule is CCOCC[B-](F)(F)F. The van der Waals surface area contributed by atoms with Gasteiger partial charge in [-0.2, -0.15) is 0 Å². The van der Waals surface area contributed by atoms with Crippen molar-refractivity contribution in [2.24, 2.45) is 0 Å². The predicted molar refractivity (Wildman–Crippen MR) is 30.4 cm³/mol. The van der Waals surface area contributed by atoms with Crippen LogP contribution in [0.4, 0.5) is 12.9 Å². The fourth-order valence-corrected chi connectivity index (χ4v) is 0.361. The number of hydrogen-bond donors (Lipinski definition) is 0. The molecule has 56 valence electrons. The minimum Gasteiger partial charge on any atom is -0.449 e. The molecule has 0 radical (unpaired) electrons. The van der Waals surface area contributed by atoms with Gasteiger partial charge in [-0.15, -0.1) is 0 Å². The molecule has 0 bridgehead atoms. The van der Waals surface area contributed by atoms with Crippen LogP contribution in [0.3, 0.4) is 0 Å². The van der Waals surface area contributed by atoms with Gasteiger partial charge in [-0.1, -0.05) is 6.32 Å². The van der Waals surface area contributed by atoms with Gasteiger partial charge >= 0.3 is 6.98 Å². The lowest BCUT2D eigenvalue weighted by molar-refractivity contribution is 0.156. The monoisotopic (exact) mass is 141 g/mol. The summed E-state index contributed by atoms with van der Waals surface area (Å²) in [5.74, 6) is 0. The van der Waals surface area contributed by atoms with E-state index in [0.717, 1.165) is 0 Å². The lowest BCUT2D eigenvalue weighted by atomic mass is 9.87. The first kappa shape index (κ1) is 8.81. The maximum Gasteiger partial charge on any atom is 0.480 e. The topological polar surface area (TPSA) is 9.23 Å². The van der Waals surface area contributed by atoms with Crippen LogP contribution in [0.5, 0.6) is 0 Å². The quantitative estimate of drug-likeness (QED) is 0.428. The third-order valence-electron chi connectivity index (χ3n) is 0.794. The van der Waals surface area contributed by atoms with E-state index in [1.165, 1.54) is 0 Å². The Balaban J connectivity index is 3.07. The summed E-state index contributed by atoms with van der Waals surface area (Å²) < 4.78 is 38.6. The van der Waals surface area contributed by atoms with E-state index in [9.17, 15) is 12.9 Å². The molecule has 0 aromatic heterocycles. The summed E-state index contributed by atoms with van der Waals surface area (Å²) in [6.45, 7) is -2.81. The summed E-state index contributed by atoms with van der Waals surface area (Å²) >= 11 is 0. The Morgan fingerprint density at radius 3 is 2.22 bits per heavy atom. The molecule has 1 nitrogen and oxygen atoms in total. The van der Waals surface area contributed by atoms with Crippen LogP contribution in [0.1, 0.15) is 6.92 Å². The molecule has 0 aliphatic heterocycles. The third kappa shape index (κ3) is 7.81. The summed E-state index contributed by atoms with van der Waals surface area (Å²) in [5.41, 5.74) is 0. The lowest BCUT2D eigenvalue weighted by Crippen LogP contribution is -2.17. The average molecular weight is 141 g/mol. The van der Waals surface area contributed by atoms with Gasteiger partial charge < -0.3 is 17.7 Å². The van der Waals surface area contributed by atoms with Gasteiger partial charge in [-0.25, -0.2) is 0 Å². The van der Waals surface area contributed by atoms with E-state index >= 15 is 0 Å². The van der Waals surface area contributed by atoms with Crippen LogP contribution in [-0.4, -0.2) is 20.2 Å². The number of halogens is 3. The van der Waals surface area contributed by atoms with E-state index in [4.69, 9.17) is 0 Å². The second kappa shape index (κ2) is 3.77. The van der Waals surface area contributed by atoms with Crippen molar-refractivity contribution in [2.45, 2.75) is 13.2 Å². The Morgan fingerprint density at radius 1 is 1.33 bits per heavy atom. The highest BCUT2D eigenvalue weighted by atomic mass is 19.4. The molecule has 0 amide bonds. The first-order chi connectivity index (χ1) is 4.06. The van der Waals surface area contributed by atoms with Gasteiger partial charge in [0, 0.05) is 13.2 Å². The van der Waals surface area contributed by atoms with Crippen LogP contribution in [0.2, 0.25) is 6.32 Å². The zero-order valence-electron chi connectivity index (χ0n) is 5.24. The van der Waals surface area contributed by atoms with E-state index in [1.54, 1.807) is 6.92 Å². The maximum atomic E-state index is 11.4. The summed E-state index contributed by atoms with van der Waals surface area (Å²) in [6.07, 6.45) is -0.784. The van der Waals surface area contributed by atoms with E-state index in [1.807, 2.05) is 0 Å². The van der Waals surface area contributed by atoms with Crippen molar-refractivity contribution in [3.63, 3.8) is 0 Å². The van der Waals surface area contributed by atoms with Crippen molar-refractivity contribution in [2.75, 3.05) is 13.2 Å². The van der Waals surface area contributed by atoms with Crippen molar-refractivity contribution in [3.05, 3.63) is 0 Å². The number of ether oxygens (including phenoxy) is 1. The van der Waals surface area contributed by atoms with Gasteiger partial charge in [0.25, 0.3) is 0 Å². The Hall–Kier alpha value is -0.185. The normalized spacial score (nSPS) is 12.0. The lowest BCUT2D eigenvalue weighted by Gasteiger charge is -2.11. The van der Waals surface area contributed by atoms with Crippen LogP contribution >= 0.6 is 0 Å². The summed E-state index contributed by atoms with van der Waals surface area (Å²) in [4.78, 5) is 0. The molecule has 0 saturated carbocycles. The largest absolute Gasteiger partial charge is 0.480 e. The van der Waals surface area contributed by atoms with E-state index < -0.39 is 13.3 Å². The van der Waals surface area contributed by atoms with Crippen molar-refractivity contribution in [3.8, 4) is 0 Å². The number of hydrogen-bond acceptors (Lipinski definition) is 1. The highest BCUT2D eigenvalue weighted by molar-refractivity contribution is 6.58. The zero-order valence-corrected chi connectivity index (χ0v) is 5.24. The van der Waals surface area contributed by atoms with Crippen molar-refractivity contribution in [1.82, 2.24) is 0 Å². The molecule has 0 aromatic carbocycles. The van der Waals surface area contributed by atoms with E-state index in [2.05, 4.69) is 4.74 Å². The van der Waals surface area contributed by atoms with Crippen LogP contribution in [0.15, 0.2) is 0 Å². The molecular weight excluding hydrogens is 132 g/mol. The van der Waals surface area contributed by atoms with Crippen molar-refractivity contribution < 1.29 is 17.7 Å². The Labute approximate surface area is 52.3 Å². The molecule has 9 heavy (non-hydrogen) atoms. The summed E-state index contributed by atoms with van der Waals surface area (Å²) in [5, 5.41) is 0. The van der Waals surface area contributed by atoms with Crippen LogP contribution in [0, 0.1) is 0 Å². The minimum atomic E-state index is -4.63. The summed E-state index contributed by atoms with van der Waals surface area (Å²) in [7, 11) is 0. The van der Waals surface area contributed by atoms with Gasteiger partial charge in [0.2, 0.25) is 0 Å². The molecule has 0 spiro atoms. The van der Waals surface area contributed by atoms with Gasteiger partial charge in [0.15, 0.2) is 0 Å².